The Kier molecular flexibility index (Phi) is 12.7. The standard InChI is InChI=1S/C9H16BNO3.C8H18BNO2.CH4/c1-7(2)10-13-8(3)5-11(4)6-9(12)14-10;1-8(2)9-11-6-4-10(3)5-7-12-9;/h7H,3,5-6H2,1-2,4H3;8H,4-7H2,1-3H3;1H4. The first-order valence-corrected chi connectivity index (χ1v) is 9.33. The van der Waals surface area contributed by atoms with E-state index in [9.17, 15) is 4.79 Å². The van der Waals surface area contributed by atoms with E-state index in [1.54, 1.807) is 4.90 Å². The van der Waals surface area contributed by atoms with Crippen LogP contribution in [-0.4, -0.2) is 83.5 Å². The van der Waals surface area contributed by atoms with Crippen molar-refractivity contribution in [3.8, 4) is 0 Å². The number of nitrogens with zero attached hydrogens (tertiary/aromatic N) is 2. The fourth-order valence-corrected chi connectivity index (χ4v) is 2.44. The van der Waals surface area contributed by atoms with Gasteiger partial charge in [-0.15, -0.1) is 0 Å². The van der Waals surface area contributed by atoms with Gasteiger partial charge in [0.2, 0.25) is 0 Å². The highest BCUT2D eigenvalue weighted by Gasteiger charge is 2.32. The van der Waals surface area contributed by atoms with Crippen molar-refractivity contribution < 1.29 is 23.4 Å². The molecule has 2 saturated heterocycles. The molecule has 0 amide bonds. The summed E-state index contributed by atoms with van der Waals surface area (Å²) >= 11 is 0. The second kappa shape index (κ2) is 13.2. The van der Waals surface area contributed by atoms with Crippen molar-refractivity contribution in [3.05, 3.63) is 12.3 Å². The molecule has 7 nitrogen and oxygen atoms in total. The SMILES string of the molecule is C.C=C1CN(C)CC(=O)OB(C(C)C)O1.CC(C)B1OCCN(C)CCO1. The molecule has 2 rings (SSSR count). The van der Waals surface area contributed by atoms with Gasteiger partial charge in [0.1, 0.15) is 0 Å². The van der Waals surface area contributed by atoms with Gasteiger partial charge < -0.3 is 23.5 Å². The molecule has 27 heavy (non-hydrogen) atoms. The molecule has 0 bridgehead atoms. The van der Waals surface area contributed by atoms with Crippen molar-refractivity contribution in [2.75, 3.05) is 53.5 Å². The number of carbonyl (C=O) groups excluding carboxylic acids is 1. The molecule has 0 radical (unpaired) electrons. The minimum atomic E-state index is -0.497. The molecule has 2 heterocycles. The monoisotopic (exact) mass is 384 g/mol. The van der Waals surface area contributed by atoms with Gasteiger partial charge in [-0.25, -0.2) is 0 Å². The largest absolute Gasteiger partial charge is 0.599 e. The van der Waals surface area contributed by atoms with Crippen LogP contribution >= 0.6 is 0 Å². The molecular weight excluding hydrogens is 346 g/mol. The van der Waals surface area contributed by atoms with Gasteiger partial charge in [0.05, 0.1) is 18.8 Å². The van der Waals surface area contributed by atoms with Crippen LogP contribution in [0.15, 0.2) is 12.3 Å². The van der Waals surface area contributed by atoms with Gasteiger partial charge in [0.15, 0.2) is 0 Å². The highest BCUT2D eigenvalue weighted by Crippen LogP contribution is 2.16. The minimum Gasteiger partial charge on any atom is -0.528 e. The summed E-state index contributed by atoms with van der Waals surface area (Å²) in [6.45, 7) is 16.3. The van der Waals surface area contributed by atoms with E-state index in [1.165, 1.54) is 0 Å². The molecule has 0 saturated carbocycles. The lowest BCUT2D eigenvalue weighted by molar-refractivity contribution is -0.137. The molecule has 9 heteroatoms. The zero-order chi connectivity index (χ0) is 19.7. The van der Waals surface area contributed by atoms with Crippen LogP contribution in [0.5, 0.6) is 0 Å². The van der Waals surface area contributed by atoms with Crippen molar-refractivity contribution in [1.29, 1.82) is 0 Å². The molecule has 2 aliphatic heterocycles. The van der Waals surface area contributed by atoms with E-state index in [0.717, 1.165) is 26.3 Å². The average molecular weight is 384 g/mol. The van der Waals surface area contributed by atoms with Gasteiger partial charge in [-0.2, -0.15) is 0 Å². The smallest absolute Gasteiger partial charge is 0.528 e. The van der Waals surface area contributed by atoms with E-state index in [4.69, 9.17) is 18.6 Å². The Morgan fingerprint density at radius 3 is 1.89 bits per heavy atom. The molecule has 0 aliphatic carbocycles. The van der Waals surface area contributed by atoms with Crippen LogP contribution in [0.2, 0.25) is 11.6 Å². The van der Waals surface area contributed by atoms with Gasteiger partial charge in [-0.3, -0.25) is 9.69 Å². The molecule has 2 fully saturated rings. The number of carbonyl (C=O) groups is 1. The molecule has 0 N–H and O–H groups in total. The number of hydrogen-bond donors (Lipinski definition) is 0. The first-order chi connectivity index (χ1) is 12.2. The molecule has 0 atom stereocenters. The van der Waals surface area contributed by atoms with E-state index < -0.39 is 7.12 Å². The summed E-state index contributed by atoms with van der Waals surface area (Å²) in [5.41, 5.74) is 0. The fourth-order valence-electron chi connectivity index (χ4n) is 2.44. The normalized spacial score (nSPS) is 20.4. The predicted molar refractivity (Wildman–Crippen MR) is 112 cm³/mol. The van der Waals surface area contributed by atoms with Crippen molar-refractivity contribution in [2.24, 2.45) is 0 Å². The van der Waals surface area contributed by atoms with E-state index in [0.29, 0.717) is 18.1 Å². The van der Waals surface area contributed by atoms with Crippen LogP contribution in [0.3, 0.4) is 0 Å². The summed E-state index contributed by atoms with van der Waals surface area (Å²) in [5, 5.41) is 0. The molecule has 0 unspecified atom stereocenters. The zero-order valence-corrected chi connectivity index (χ0v) is 17.2. The van der Waals surface area contributed by atoms with Crippen molar-refractivity contribution in [3.63, 3.8) is 0 Å². The lowest BCUT2D eigenvalue weighted by atomic mass is 9.74. The highest BCUT2D eigenvalue weighted by atomic mass is 16.6. The van der Waals surface area contributed by atoms with Gasteiger partial charge in [-0.05, 0) is 19.9 Å². The summed E-state index contributed by atoms with van der Waals surface area (Å²) < 4.78 is 21.6. The number of rotatable bonds is 2. The third-order valence-electron chi connectivity index (χ3n) is 3.97. The zero-order valence-electron chi connectivity index (χ0n) is 17.2. The minimum absolute atomic E-state index is 0. The maximum absolute atomic E-state index is 11.3. The lowest BCUT2D eigenvalue weighted by Gasteiger charge is -2.26. The Morgan fingerprint density at radius 1 is 0.889 bits per heavy atom. The van der Waals surface area contributed by atoms with Gasteiger partial charge in [-0.1, -0.05) is 41.7 Å². The molecule has 2 aliphatic rings. The predicted octanol–water partition coefficient (Wildman–Crippen LogP) is 2.40. The third kappa shape index (κ3) is 10.8. The van der Waals surface area contributed by atoms with E-state index in [2.05, 4.69) is 32.4 Å². The van der Waals surface area contributed by atoms with Crippen molar-refractivity contribution >= 4 is 20.2 Å². The summed E-state index contributed by atoms with van der Waals surface area (Å²) in [6, 6.07) is 0. The quantitative estimate of drug-likeness (QED) is 0.678. The summed E-state index contributed by atoms with van der Waals surface area (Å²) in [6.07, 6.45) is 0. The second-order valence-corrected chi connectivity index (χ2v) is 7.59. The van der Waals surface area contributed by atoms with Crippen LogP contribution in [0.25, 0.3) is 0 Å². The Morgan fingerprint density at radius 2 is 1.41 bits per heavy atom. The summed E-state index contributed by atoms with van der Waals surface area (Å²) in [4.78, 5) is 15.3. The Bertz CT molecular complexity index is 421. The third-order valence-corrected chi connectivity index (χ3v) is 3.97. The van der Waals surface area contributed by atoms with E-state index >= 15 is 0 Å². The van der Waals surface area contributed by atoms with Crippen LogP contribution in [0.4, 0.5) is 0 Å². The van der Waals surface area contributed by atoms with Crippen LogP contribution in [0, 0.1) is 0 Å². The summed E-state index contributed by atoms with van der Waals surface area (Å²) in [5.74, 6) is 0.977. The van der Waals surface area contributed by atoms with E-state index in [-0.39, 0.29) is 32.9 Å². The maximum Gasteiger partial charge on any atom is 0.599 e. The molecule has 0 aromatic heterocycles. The highest BCUT2D eigenvalue weighted by molar-refractivity contribution is 6.48. The lowest BCUT2D eigenvalue weighted by Crippen LogP contribution is -2.39. The summed E-state index contributed by atoms with van der Waals surface area (Å²) in [7, 11) is 3.41. The molecule has 0 aromatic rings. The Hall–Kier alpha value is -1.02. The molecule has 0 spiro atoms. The molecule has 156 valence electrons. The van der Waals surface area contributed by atoms with Gasteiger partial charge >= 0.3 is 20.2 Å². The van der Waals surface area contributed by atoms with Gasteiger partial charge in [0.25, 0.3) is 0 Å². The number of hydrogen-bond acceptors (Lipinski definition) is 7. The first kappa shape index (κ1) is 26.0. The fraction of sp³-hybridized carbons (Fsp3) is 0.833. The van der Waals surface area contributed by atoms with Crippen LogP contribution < -0.4 is 0 Å². The van der Waals surface area contributed by atoms with Crippen LogP contribution in [-0.2, 0) is 23.4 Å². The van der Waals surface area contributed by atoms with Crippen LogP contribution in [0.1, 0.15) is 35.1 Å². The second-order valence-electron chi connectivity index (χ2n) is 7.59. The average Bonchev–Trinajstić information content (AvgIpc) is 2.48. The Labute approximate surface area is 166 Å². The molecular formula is C18H38B2N2O5. The van der Waals surface area contributed by atoms with Gasteiger partial charge in [0, 0.05) is 32.1 Å². The topological polar surface area (TPSA) is 60.5 Å². The molecule has 0 aromatic carbocycles. The first-order valence-electron chi connectivity index (χ1n) is 9.33. The number of likely N-dealkylation sites (N-methyl/N-ethyl adjacent to an activating group) is 2. The maximum atomic E-state index is 11.3. The van der Waals surface area contributed by atoms with Crippen molar-refractivity contribution in [2.45, 2.75) is 46.8 Å². The Balaban J connectivity index is 0.000000488. The van der Waals surface area contributed by atoms with Crippen molar-refractivity contribution in [1.82, 2.24) is 9.80 Å². The van der Waals surface area contributed by atoms with E-state index in [1.807, 2.05) is 20.9 Å².